The van der Waals surface area contributed by atoms with Crippen LogP contribution in [0.1, 0.15) is 62.1 Å². The van der Waals surface area contributed by atoms with Gasteiger partial charge in [-0.3, -0.25) is 0 Å². The molecule has 2 atom stereocenters. The monoisotopic (exact) mass is 309 g/mol. The van der Waals surface area contributed by atoms with Gasteiger partial charge in [0.05, 0.1) is 17.8 Å². The molecule has 2 amide bonds. The maximum absolute atomic E-state index is 12.1. The highest BCUT2D eigenvalue weighted by Crippen LogP contribution is 2.23. The summed E-state index contributed by atoms with van der Waals surface area (Å²) in [6, 6.07) is -0.222. The summed E-state index contributed by atoms with van der Waals surface area (Å²) in [7, 11) is 0. The summed E-state index contributed by atoms with van der Waals surface area (Å²) in [6.07, 6.45) is 5.43. The van der Waals surface area contributed by atoms with E-state index in [0.29, 0.717) is 12.6 Å². The highest BCUT2D eigenvalue weighted by Gasteiger charge is 2.21. The molecule has 6 nitrogen and oxygen atoms in total. The largest absolute Gasteiger partial charge is 0.378 e. The molecular formula is C16H27N3O3. The molecule has 0 aliphatic carbocycles. The fraction of sp³-hybridized carbons (Fsp3) is 0.750. The van der Waals surface area contributed by atoms with Crippen molar-refractivity contribution in [1.29, 1.82) is 0 Å². The number of urea groups is 1. The van der Waals surface area contributed by atoms with Crippen LogP contribution in [0.2, 0.25) is 0 Å². The summed E-state index contributed by atoms with van der Waals surface area (Å²) in [5, 5.41) is 9.86. The van der Waals surface area contributed by atoms with E-state index in [1.807, 2.05) is 20.8 Å². The molecule has 0 radical (unpaired) electrons. The lowest BCUT2D eigenvalue weighted by Gasteiger charge is -2.23. The molecule has 1 aromatic heterocycles. The second kappa shape index (κ2) is 8.17. The van der Waals surface area contributed by atoms with Gasteiger partial charge in [0.25, 0.3) is 0 Å². The molecule has 1 aliphatic rings. The van der Waals surface area contributed by atoms with Crippen LogP contribution in [0.4, 0.5) is 4.79 Å². The lowest BCUT2D eigenvalue weighted by atomic mass is 10.0. The van der Waals surface area contributed by atoms with Gasteiger partial charge in [0, 0.05) is 18.7 Å². The first-order chi connectivity index (χ1) is 10.6. The molecular weight excluding hydrogens is 282 g/mol. The van der Waals surface area contributed by atoms with Gasteiger partial charge in [0.2, 0.25) is 0 Å². The van der Waals surface area contributed by atoms with Gasteiger partial charge in [-0.15, -0.1) is 0 Å². The third-order valence-corrected chi connectivity index (χ3v) is 4.18. The van der Waals surface area contributed by atoms with Crippen molar-refractivity contribution >= 4 is 6.03 Å². The van der Waals surface area contributed by atoms with Crippen LogP contribution in [-0.4, -0.2) is 30.4 Å². The Morgan fingerprint density at radius 1 is 1.41 bits per heavy atom. The van der Waals surface area contributed by atoms with Crippen molar-refractivity contribution < 1.29 is 14.1 Å². The zero-order chi connectivity index (χ0) is 15.9. The first kappa shape index (κ1) is 16.8. The first-order valence-corrected chi connectivity index (χ1v) is 8.20. The molecule has 0 bridgehead atoms. The van der Waals surface area contributed by atoms with E-state index >= 15 is 0 Å². The van der Waals surface area contributed by atoms with Crippen LogP contribution in [0.25, 0.3) is 0 Å². The molecule has 1 aliphatic heterocycles. The average Bonchev–Trinajstić information content (AvgIpc) is 2.85. The summed E-state index contributed by atoms with van der Waals surface area (Å²) in [5.41, 5.74) is 1.81. The summed E-state index contributed by atoms with van der Waals surface area (Å²) >= 11 is 0. The van der Waals surface area contributed by atoms with Crippen molar-refractivity contribution in [3.63, 3.8) is 0 Å². The number of aromatic nitrogens is 1. The molecule has 22 heavy (non-hydrogen) atoms. The van der Waals surface area contributed by atoms with Crippen molar-refractivity contribution in [2.24, 2.45) is 0 Å². The number of carbonyl (C=O) groups is 1. The number of amides is 2. The van der Waals surface area contributed by atoms with Gasteiger partial charge >= 0.3 is 6.03 Å². The van der Waals surface area contributed by atoms with Gasteiger partial charge < -0.3 is 19.9 Å². The van der Waals surface area contributed by atoms with Crippen molar-refractivity contribution in [1.82, 2.24) is 15.8 Å². The van der Waals surface area contributed by atoms with Crippen LogP contribution in [0.3, 0.4) is 0 Å². The van der Waals surface area contributed by atoms with E-state index < -0.39 is 0 Å². The maximum atomic E-state index is 12.1. The summed E-state index contributed by atoms with van der Waals surface area (Å²) in [4.78, 5) is 12.1. The number of carbonyl (C=O) groups excluding carboxylic acids is 1. The van der Waals surface area contributed by atoms with Crippen molar-refractivity contribution in [3.8, 4) is 0 Å². The number of hydrogen-bond acceptors (Lipinski definition) is 4. The SMILES string of the molecule is CCC(NC(=O)NCCC1CCCCO1)c1c(C)noc1C. The zero-order valence-electron chi connectivity index (χ0n) is 13.8. The number of rotatable bonds is 6. The smallest absolute Gasteiger partial charge is 0.315 e. The molecule has 6 heteroatoms. The summed E-state index contributed by atoms with van der Waals surface area (Å²) < 4.78 is 10.8. The molecule has 2 heterocycles. The molecule has 0 spiro atoms. The normalized spacial score (nSPS) is 19.7. The van der Waals surface area contributed by atoms with Crippen molar-refractivity contribution in [2.75, 3.05) is 13.2 Å². The number of hydrogen-bond donors (Lipinski definition) is 2. The minimum Gasteiger partial charge on any atom is -0.378 e. The molecule has 0 aromatic carbocycles. The van der Waals surface area contributed by atoms with E-state index in [9.17, 15) is 4.79 Å². The number of aryl methyl sites for hydroxylation is 2. The second-order valence-electron chi connectivity index (χ2n) is 5.88. The Hall–Kier alpha value is -1.56. The zero-order valence-corrected chi connectivity index (χ0v) is 13.8. The van der Waals surface area contributed by atoms with Crippen LogP contribution >= 0.6 is 0 Å². The van der Waals surface area contributed by atoms with Crippen LogP contribution in [0, 0.1) is 13.8 Å². The fourth-order valence-electron chi connectivity index (χ4n) is 2.96. The molecule has 124 valence electrons. The van der Waals surface area contributed by atoms with Crippen molar-refractivity contribution in [2.45, 2.75) is 65.0 Å². The maximum Gasteiger partial charge on any atom is 0.315 e. The Balaban J connectivity index is 1.77. The molecule has 2 rings (SSSR count). The molecule has 1 fully saturated rings. The van der Waals surface area contributed by atoms with Crippen LogP contribution in [0.5, 0.6) is 0 Å². The van der Waals surface area contributed by atoms with E-state index in [4.69, 9.17) is 9.26 Å². The Bertz CT molecular complexity index is 461. The van der Waals surface area contributed by atoms with E-state index in [1.54, 1.807) is 0 Å². The second-order valence-corrected chi connectivity index (χ2v) is 5.88. The molecule has 1 saturated heterocycles. The van der Waals surface area contributed by atoms with Crippen LogP contribution < -0.4 is 10.6 Å². The lowest BCUT2D eigenvalue weighted by Crippen LogP contribution is -2.39. The van der Waals surface area contributed by atoms with Gasteiger partial charge in [0.15, 0.2) is 0 Å². The van der Waals surface area contributed by atoms with E-state index in [0.717, 1.165) is 49.3 Å². The fourth-order valence-corrected chi connectivity index (χ4v) is 2.96. The number of nitrogens with one attached hydrogen (secondary N) is 2. The highest BCUT2D eigenvalue weighted by molar-refractivity contribution is 5.74. The predicted octanol–water partition coefficient (Wildman–Crippen LogP) is 3.00. The molecule has 2 unspecified atom stereocenters. The standard InChI is InChI=1S/C16H27N3O3/c1-4-14(15-11(2)19-22-12(15)3)18-16(20)17-9-8-13-7-5-6-10-21-13/h13-14H,4-10H2,1-3H3,(H2,17,18,20). The lowest BCUT2D eigenvalue weighted by molar-refractivity contribution is 0.0120. The van der Waals surface area contributed by atoms with Gasteiger partial charge in [-0.1, -0.05) is 12.1 Å². The van der Waals surface area contributed by atoms with E-state index in [2.05, 4.69) is 15.8 Å². The van der Waals surface area contributed by atoms with Crippen LogP contribution in [0.15, 0.2) is 4.52 Å². The van der Waals surface area contributed by atoms with Gasteiger partial charge in [0.1, 0.15) is 5.76 Å². The topological polar surface area (TPSA) is 76.4 Å². The minimum absolute atomic E-state index is 0.0721. The average molecular weight is 309 g/mol. The van der Waals surface area contributed by atoms with Crippen LogP contribution in [-0.2, 0) is 4.74 Å². The number of ether oxygens (including phenoxy) is 1. The quantitative estimate of drug-likeness (QED) is 0.847. The predicted molar refractivity (Wildman–Crippen MR) is 83.8 cm³/mol. The van der Waals surface area contributed by atoms with Gasteiger partial charge in [-0.25, -0.2) is 4.79 Å². The molecule has 0 saturated carbocycles. The number of nitrogens with zero attached hydrogens (tertiary/aromatic N) is 1. The van der Waals surface area contributed by atoms with E-state index in [-0.39, 0.29) is 12.1 Å². The third kappa shape index (κ3) is 4.47. The first-order valence-electron chi connectivity index (χ1n) is 8.20. The molecule has 1 aromatic rings. The Labute approximate surface area is 132 Å². The minimum atomic E-state index is -0.150. The van der Waals surface area contributed by atoms with Gasteiger partial charge in [-0.05, 0) is 46.0 Å². The van der Waals surface area contributed by atoms with E-state index in [1.165, 1.54) is 6.42 Å². The Morgan fingerprint density at radius 3 is 2.82 bits per heavy atom. The molecule has 2 N–H and O–H groups in total. The highest BCUT2D eigenvalue weighted by atomic mass is 16.5. The summed E-state index contributed by atoms with van der Waals surface area (Å²) in [5.74, 6) is 0.764. The Kier molecular flexibility index (Phi) is 6.24. The third-order valence-electron chi connectivity index (χ3n) is 4.18. The van der Waals surface area contributed by atoms with Crippen molar-refractivity contribution in [3.05, 3.63) is 17.0 Å². The summed E-state index contributed by atoms with van der Waals surface area (Å²) in [6.45, 7) is 7.29. The Morgan fingerprint density at radius 2 is 2.23 bits per heavy atom. The van der Waals surface area contributed by atoms with Gasteiger partial charge in [-0.2, -0.15) is 0 Å².